The molecule has 3 rings (SSSR count). The normalized spacial score (nSPS) is 10.9. The van der Waals surface area contributed by atoms with E-state index in [9.17, 15) is 10.0 Å². The number of nitrogens with zero attached hydrogens (tertiary/aromatic N) is 3. The van der Waals surface area contributed by atoms with Crippen molar-refractivity contribution < 1.29 is 35.9 Å². The minimum atomic E-state index is -0.336. The fourth-order valence-electron chi connectivity index (χ4n) is 2.82. The molecule has 0 bridgehead atoms. The number of methoxy groups -OCH3 is 1. The summed E-state index contributed by atoms with van der Waals surface area (Å²) in [5.41, 5.74) is 3.75. The Morgan fingerprint density at radius 1 is 1.18 bits per heavy atom. The van der Waals surface area contributed by atoms with Crippen molar-refractivity contribution in [2.75, 3.05) is 19.1 Å². The summed E-state index contributed by atoms with van der Waals surface area (Å²) in [5.74, 6) is 0.447. The molecule has 1 aromatic heterocycles. The number of halogens is 1. The molecule has 0 aliphatic rings. The van der Waals surface area contributed by atoms with Crippen LogP contribution in [0.2, 0.25) is 0 Å². The molecular weight excluding hydrogens is 469 g/mol. The van der Waals surface area contributed by atoms with E-state index in [1.165, 1.54) is 10.6 Å². The average molecular weight is 492 g/mol. The average Bonchev–Trinajstić information content (AvgIpc) is 3.16. The number of hydroxylamine groups is 2. The molecule has 0 saturated heterocycles. The van der Waals surface area contributed by atoms with Gasteiger partial charge in [0.15, 0.2) is 0 Å². The first-order valence-corrected chi connectivity index (χ1v) is 12.0. The van der Waals surface area contributed by atoms with E-state index in [4.69, 9.17) is 9.84 Å². The molecule has 0 aliphatic carbocycles. The standard InChI is InChI=1S/C21H23IN3O3/c1-22-16-6-4-15(5-7-16)20-14-17(8-13-21(26)24(2)27)23-25(20)18-9-11-19(28-3)12-10-18/h4-7,9-12,14,27H,8,13H2,1-3H3/q-1. The molecule has 7 heteroatoms. The number of hydrogen-bond acceptors (Lipinski definition) is 4. The maximum atomic E-state index is 11.7. The molecule has 6 nitrogen and oxygen atoms in total. The Hall–Kier alpha value is -2.39. The van der Waals surface area contributed by atoms with Crippen molar-refractivity contribution in [3.8, 4) is 22.7 Å². The van der Waals surface area contributed by atoms with Crippen LogP contribution in [0.3, 0.4) is 0 Å². The van der Waals surface area contributed by atoms with Gasteiger partial charge in [0.25, 0.3) is 0 Å². The monoisotopic (exact) mass is 492 g/mol. The predicted molar refractivity (Wildman–Crippen MR) is 103 cm³/mol. The Morgan fingerprint density at radius 2 is 1.86 bits per heavy atom. The molecule has 0 unspecified atom stereocenters. The van der Waals surface area contributed by atoms with Crippen molar-refractivity contribution in [1.82, 2.24) is 14.8 Å². The first kappa shape index (κ1) is 20.3. The number of benzene rings is 2. The molecule has 2 aromatic carbocycles. The maximum absolute atomic E-state index is 11.7. The summed E-state index contributed by atoms with van der Waals surface area (Å²) in [4.78, 5) is 14.0. The van der Waals surface area contributed by atoms with E-state index in [0.29, 0.717) is 11.5 Å². The van der Waals surface area contributed by atoms with E-state index < -0.39 is 0 Å². The second-order valence-electron chi connectivity index (χ2n) is 6.24. The van der Waals surface area contributed by atoms with Gasteiger partial charge in [0.05, 0.1) is 0 Å². The first-order valence-electron chi connectivity index (χ1n) is 8.80. The van der Waals surface area contributed by atoms with Crippen molar-refractivity contribution >= 4 is 5.91 Å². The Bertz CT molecular complexity index is 870. The number of hydrogen-bond donors (Lipinski definition) is 1. The number of amides is 1. The summed E-state index contributed by atoms with van der Waals surface area (Å²) in [5, 5.41) is 14.6. The van der Waals surface area contributed by atoms with Gasteiger partial charge in [-0.3, -0.25) is 0 Å². The molecule has 1 heterocycles. The predicted octanol–water partition coefficient (Wildman–Crippen LogP) is 0.217. The van der Waals surface area contributed by atoms with Gasteiger partial charge in [-0.2, -0.15) is 0 Å². The zero-order valence-corrected chi connectivity index (χ0v) is 18.3. The molecule has 0 atom stereocenters. The molecule has 0 radical (unpaired) electrons. The van der Waals surface area contributed by atoms with Crippen molar-refractivity contribution in [1.29, 1.82) is 0 Å². The molecule has 0 fully saturated rings. The summed E-state index contributed by atoms with van der Waals surface area (Å²) >= 11 is 0.0512. The van der Waals surface area contributed by atoms with Gasteiger partial charge in [0.2, 0.25) is 0 Å². The van der Waals surface area contributed by atoms with Gasteiger partial charge in [0, 0.05) is 0 Å². The molecular formula is C21H23IN3O3-. The molecule has 0 spiro atoms. The number of carbonyl (C=O) groups is 1. The van der Waals surface area contributed by atoms with Crippen LogP contribution in [0.5, 0.6) is 5.75 Å². The van der Waals surface area contributed by atoms with Gasteiger partial charge < -0.3 is 0 Å². The summed E-state index contributed by atoms with van der Waals surface area (Å²) in [6.07, 6.45) is 0.656. The Balaban J connectivity index is 1.97. The SMILES string of the molecule is COc1ccc(-n2nc(CCC(=O)N(C)O)cc2-c2ccc([I-]C)cc2)cc1. The number of carbonyl (C=O) groups excluding carboxylic acids is 1. The topological polar surface area (TPSA) is 67.6 Å². The first-order chi connectivity index (χ1) is 13.5. The van der Waals surface area contributed by atoms with Crippen LogP contribution in [0.1, 0.15) is 12.1 Å². The number of ether oxygens (including phenoxy) is 1. The number of alkyl halides is 1. The molecule has 0 aliphatic heterocycles. The van der Waals surface area contributed by atoms with Gasteiger partial charge in [-0.15, -0.1) is 0 Å². The third-order valence-corrected chi connectivity index (χ3v) is 6.36. The van der Waals surface area contributed by atoms with Crippen molar-refractivity contribution in [2.24, 2.45) is 0 Å². The Kier molecular flexibility index (Phi) is 6.69. The number of rotatable bonds is 7. The van der Waals surface area contributed by atoms with Gasteiger partial charge in [-0.05, 0) is 0 Å². The Labute approximate surface area is 175 Å². The quantitative estimate of drug-likeness (QED) is 0.222. The fourth-order valence-corrected chi connectivity index (χ4v) is 3.90. The van der Waals surface area contributed by atoms with E-state index in [1.54, 1.807) is 7.11 Å². The third-order valence-electron chi connectivity index (χ3n) is 4.39. The van der Waals surface area contributed by atoms with E-state index in [0.717, 1.165) is 28.4 Å². The Morgan fingerprint density at radius 3 is 2.43 bits per heavy atom. The minimum absolute atomic E-state index is 0.0512. The summed E-state index contributed by atoms with van der Waals surface area (Å²) in [7, 11) is 2.97. The second kappa shape index (κ2) is 9.20. The summed E-state index contributed by atoms with van der Waals surface area (Å²) < 4.78 is 8.52. The molecule has 3 aromatic rings. The van der Waals surface area contributed by atoms with Crippen LogP contribution in [-0.2, 0) is 11.2 Å². The molecule has 1 N–H and O–H groups in total. The van der Waals surface area contributed by atoms with Crippen LogP contribution in [0, 0.1) is 3.57 Å². The molecule has 0 saturated carbocycles. The van der Waals surface area contributed by atoms with Gasteiger partial charge in [-0.1, -0.05) is 0 Å². The van der Waals surface area contributed by atoms with Crippen LogP contribution in [0.4, 0.5) is 0 Å². The van der Waals surface area contributed by atoms with E-state index in [-0.39, 0.29) is 33.5 Å². The van der Waals surface area contributed by atoms with Gasteiger partial charge in [-0.25, -0.2) is 0 Å². The zero-order valence-electron chi connectivity index (χ0n) is 16.1. The third kappa shape index (κ3) is 4.71. The number of aryl methyl sites for hydroxylation is 1. The van der Waals surface area contributed by atoms with Crippen molar-refractivity contribution in [3.63, 3.8) is 0 Å². The van der Waals surface area contributed by atoms with Gasteiger partial charge in [0.1, 0.15) is 0 Å². The zero-order chi connectivity index (χ0) is 20.1. The van der Waals surface area contributed by atoms with Gasteiger partial charge >= 0.3 is 175 Å². The second-order valence-corrected chi connectivity index (χ2v) is 8.57. The molecule has 148 valence electrons. The van der Waals surface area contributed by atoms with Crippen LogP contribution >= 0.6 is 0 Å². The fraction of sp³-hybridized carbons (Fsp3) is 0.238. The van der Waals surface area contributed by atoms with Crippen LogP contribution in [0.25, 0.3) is 16.9 Å². The van der Waals surface area contributed by atoms with E-state index >= 15 is 0 Å². The molecule has 28 heavy (non-hydrogen) atoms. The van der Waals surface area contributed by atoms with Crippen molar-refractivity contribution in [3.05, 3.63) is 63.9 Å². The molecule has 1 amide bonds. The van der Waals surface area contributed by atoms with Crippen LogP contribution in [0.15, 0.2) is 54.6 Å². The van der Waals surface area contributed by atoms with Crippen LogP contribution < -0.4 is 25.9 Å². The summed E-state index contributed by atoms with van der Waals surface area (Å²) in [6, 6.07) is 18.3. The van der Waals surface area contributed by atoms with Crippen LogP contribution in [-0.4, -0.2) is 45.0 Å². The van der Waals surface area contributed by atoms with E-state index in [1.807, 2.05) is 35.0 Å². The number of aromatic nitrogens is 2. The summed E-state index contributed by atoms with van der Waals surface area (Å²) in [6.45, 7) is 0. The van der Waals surface area contributed by atoms with Crippen molar-refractivity contribution in [2.45, 2.75) is 12.8 Å². The van der Waals surface area contributed by atoms with E-state index in [2.05, 4.69) is 29.2 Å².